The smallest absolute Gasteiger partial charge is 0.335 e. The van der Waals surface area contributed by atoms with Crippen LogP contribution in [0.3, 0.4) is 0 Å². The summed E-state index contributed by atoms with van der Waals surface area (Å²) in [5, 5.41) is 0. The van der Waals surface area contributed by atoms with Gasteiger partial charge in [0.25, 0.3) is 0 Å². The lowest BCUT2D eigenvalue weighted by Crippen LogP contribution is -2.41. The Morgan fingerprint density at radius 3 is 2.00 bits per heavy atom. The molecule has 4 heteroatoms. The number of hydrogen-bond donors (Lipinski definition) is 1. The number of nitrogens with two attached hydrogens (primary N) is 1. The molecule has 1 unspecified atom stereocenters. The molecule has 0 aromatic carbocycles. The minimum atomic E-state index is -1.91. The minimum Gasteiger partial charge on any atom is -0.395 e. The maximum absolute atomic E-state index is 5.70. The van der Waals surface area contributed by atoms with E-state index < -0.39 is 8.56 Å². The average Bonchev–Trinajstić information content (AvgIpc) is 2.04. The molecule has 0 bridgehead atoms. The van der Waals surface area contributed by atoms with Crippen LogP contribution in [0.25, 0.3) is 0 Å². The molecular formula is C9H23NO2Si. The van der Waals surface area contributed by atoms with Crippen molar-refractivity contribution in [2.75, 3.05) is 19.8 Å². The van der Waals surface area contributed by atoms with Gasteiger partial charge in [-0.15, -0.1) is 0 Å². The molecule has 0 aliphatic carbocycles. The fourth-order valence-electron chi connectivity index (χ4n) is 1.49. The molecule has 0 saturated heterocycles. The standard InChI is InChI=1S/C9H23NO2Si/c1-5-11-13(4,12-6-2)8-9(3)7-10/h9H,5-8,10H2,1-4H3. The highest BCUT2D eigenvalue weighted by Gasteiger charge is 2.32. The largest absolute Gasteiger partial charge is 0.395 e. The first-order valence-corrected chi connectivity index (χ1v) is 7.58. The molecule has 0 heterocycles. The van der Waals surface area contributed by atoms with Gasteiger partial charge in [0, 0.05) is 13.2 Å². The molecule has 3 nitrogen and oxygen atoms in total. The highest BCUT2D eigenvalue weighted by Crippen LogP contribution is 2.18. The molecule has 0 radical (unpaired) electrons. The lowest BCUT2D eigenvalue weighted by Gasteiger charge is -2.28. The van der Waals surface area contributed by atoms with Crippen molar-refractivity contribution in [2.24, 2.45) is 11.7 Å². The molecule has 0 aliphatic rings. The highest BCUT2D eigenvalue weighted by molar-refractivity contribution is 6.66. The molecule has 1 atom stereocenters. The zero-order chi connectivity index (χ0) is 10.3. The Balaban J connectivity index is 4.05. The molecule has 80 valence electrons. The van der Waals surface area contributed by atoms with Gasteiger partial charge in [0.1, 0.15) is 0 Å². The van der Waals surface area contributed by atoms with Crippen molar-refractivity contribution in [3.8, 4) is 0 Å². The summed E-state index contributed by atoms with van der Waals surface area (Å²) in [4.78, 5) is 0. The number of hydrogen-bond acceptors (Lipinski definition) is 3. The van der Waals surface area contributed by atoms with Crippen LogP contribution < -0.4 is 5.73 Å². The average molecular weight is 205 g/mol. The van der Waals surface area contributed by atoms with E-state index in [1.165, 1.54) is 0 Å². The normalized spacial score (nSPS) is 14.5. The third kappa shape index (κ3) is 5.41. The topological polar surface area (TPSA) is 44.5 Å². The first-order valence-electron chi connectivity index (χ1n) is 5.06. The van der Waals surface area contributed by atoms with Crippen molar-refractivity contribution in [2.45, 2.75) is 33.4 Å². The van der Waals surface area contributed by atoms with Crippen LogP contribution >= 0.6 is 0 Å². The van der Waals surface area contributed by atoms with E-state index >= 15 is 0 Å². The molecule has 0 amide bonds. The van der Waals surface area contributed by atoms with E-state index in [9.17, 15) is 0 Å². The van der Waals surface area contributed by atoms with Crippen LogP contribution in [0.4, 0.5) is 0 Å². The monoisotopic (exact) mass is 205 g/mol. The van der Waals surface area contributed by atoms with Gasteiger partial charge in [-0.2, -0.15) is 0 Å². The SMILES string of the molecule is CCO[Si](C)(CC(C)CN)OCC. The number of rotatable bonds is 7. The molecule has 2 N–H and O–H groups in total. The van der Waals surface area contributed by atoms with Gasteiger partial charge in [0.15, 0.2) is 0 Å². The first-order chi connectivity index (χ1) is 6.08. The van der Waals surface area contributed by atoms with E-state index in [1.54, 1.807) is 0 Å². The maximum atomic E-state index is 5.70. The van der Waals surface area contributed by atoms with Crippen LogP contribution in [-0.4, -0.2) is 28.3 Å². The summed E-state index contributed by atoms with van der Waals surface area (Å²) in [6.45, 7) is 10.5. The third-order valence-electron chi connectivity index (χ3n) is 2.02. The summed E-state index contributed by atoms with van der Waals surface area (Å²) in [7, 11) is -1.91. The van der Waals surface area contributed by atoms with E-state index in [-0.39, 0.29) is 0 Å². The second-order valence-corrected chi connectivity index (χ2v) is 6.80. The van der Waals surface area contributed by atoms with Crippen molar-refractivity contribution in [3.05, 3.63) is 0 Å². The van der Waals surface area contributed by atoms with Gasteiger partial charge in [-0.3, -0.25) is 0 Å². The Morgan fingerprint density at radius 1 is 1.23 bits per heavy atom. The summed E-state index contributed by atoms with van der Waals surface area (Å²) >= 11 is 0. The zero-order valence-corrected chi connectivity index (χ0v) is 10.3. The predicted octanol–water partition coefficient (Wildman–Crippen LogP) is 1.73. The lowest BCUT2D eigenvalue weighted by atomic mass is 10.2. The minimum absolute atomic E-state index is 0.495. The molecule has 0 aliphatic heterocycles. The molecule has 0 aromatic heterocycles. The van der Waals surface area contributed by atoms with E-state index in [0.29, 0.717) is 12.5 Å². The Bertz CT molecular complexity index is 127. The zero-order valence-electron chi connectivity index (χ0n) is 9.30. The van der Waals surface area contributed by atoms with Crippen LogP contribution in [0.15, 0.2) is 0 Å². The van der Waals surface area contributed by atoms with Gasteiger partial charge in [-0.1, -0.05) is 6.92 Å². The molecule has 0 fully saturated rings. The maximum Gasteiger partial charge on any atom is 0.335 e. The van der Waals surface area contributed by atoms with Gasteiger partial charge in [0.05, 0.1) is 0 Å². The van der Waals surface area contributed by atoms with E-state index in [4.69, 9.17) is 14.6 Å². The van der Waals surface area contributed by atoms with Crippen molar-refractivity contribution >= 4 is 8.56 Å². The second kappa shape index (κ2) is 6.54. The fourth-order valence-corrected chi connectivity index (χ4v) is 4.46. The van der Waals surface area contributed by atoms with Crippen LogP contribution in [0.2, 0.25) is 12.6 Å². The third-order valence-corrected chi connectivity index (χ3v) is 5.26. The fraction of sp³-hybridized carbons (Fsp3) is 1.00. The van der Waals surface area contributed by atoms with E-state index in [2.05, 4.69) is 13.5 Å². The molecule has 0 aromatic rings. The van der Waals surface area contributed by atoms with Crippen molar-refractivity contribution in [1.29, 1.82) is 0 Å². The lowest BCUT2D eigenvalue weighted by molar-refractivity contribution is 0.184. The summed E-state index contributed by atoms with van der Waals surface area (Å²) in [5.41, 5.74) is 5.58. The summed E-state index contributed by atoms with van der Waals surface area (Å²) in [6.07, 6.45) is 0. The van der Waals surface area contributed by atoms with Gasteiger partial charge < -0.3 is 14.6 Å². The van der Waals surface area contributed by atoms with Crippen LogP contribution in [0, 0.1) is 5.92 Å². The van der Waals surface area contributed by atoms with E-state index in [0.717, 1.165) is 19.3 Å². The van der Waals surface area contributed by atoms with Gasteiger partial charge in [0.2, 0.25) is 0 Å². The molecule has 13 heavy (non-hydrogen) atoms. The summed E-state index contributed by atoms with van der Waals surface area (Å²) in [5.74, 6) is 0.495. The molecular weight excluding hydrogens is 182 g/mol. The van der Waals surface area contributed by atoms with Gasteiger partial charge in [-0.25, -0.2) is 0 Å². The van der Waals surface area contributed by atoms with Crippen molar-refractivity contribution < 1.29 is 8.85 Å². The van der Waals surface area contributed by atoms with Crippen molar-refractivity contribution in [1.82, 2.24) is 0 Å². The Labute approximate surface area is 82.9 Å². The molecule has 0 saturated carbocycles. The van der Waals surface area contributed by atoms with Crippen LogP contribution in [0.5, 0.6) is 0 Å². The Morgan fingerprint density at radius 2 is 1.69 bits per heavy atom. The van der Waals surface area contributed by atoms with Crippen LogP contribution in [0.1, 0.15) is 20.8 Å². The first kappa shape index (κ1) is 13.1. The van der Waals surface area contributed by atoms with E-state index in [1.807, 2.05) is 13.8 Å². The van der Waals surface area contributed by atoms with Crippen LogP contribution in [-0.2, 0) is 8.85 Å². The predicted molar refractivity (Wildman–Crippen MR) is 57.9 cm³/mol. The molecule has 0 rings (SSSR count). The Kier molecular flexibility index (Phi) is 6.58. The second-order valence-electron chi connectivity index (χ2n) is 3.54. The summed E-state index contributed by atoms with van der Waals surface area (Å²) in [6, 6.07) is 0.991. The molecule has 0 spiro atoms. The quantitative estimate of drug-likeness (QED) is 0.644. The Hall–Kier alpha value is 0.0969. The summed E-state index contributed by atoms with van der Waals surface area (Å²) < 4.78 is 11.4. The van der Waals surface area contributed by atoms with Crippen molar-refractivity contribution in [3.63, 3.8) is 0 Å². The van der Waals surface area contributed by atoms with Gasteiger partial charge >= 0.3 is 8.56 Å². The van der Waals surface area contributed by atoms with Gasteiger partial charge in [-0.05, 0) is 38.9 Å². The highest BCUT2D eigenvalue weighted by atomic mass is 28.4.